The van der Waals surface area contributed by atoms with Crippen LogP contribution in [0.1, 0.15) is 39.0 Å². The number of carbonyl (C=O) groups is 5. The van der Waals surface area contributed by atoms with Gasteiger partial charge in [0, 0.05) is 12.5 Å². The first kappa shape index (κ1) is 31.5. The fourth-order valence-corrected chi connectivity index (χ4v) is 7.34. The molecule has 0 bridgehead atoms. The van der Waals surface area contributed by atoms with Crippen LogP contribution in [-0.2, 0) is 44.7 Å². The molecule has 1 amide bonds. The smallest absolute Gasteiger partial charge is 0.417 e. The second-order valence-corrected chi connectivity index (χ2v) is 12.0. The molecule has 234 valence electrons. The lowest BCUT2D eigenvalue weighted by molar-refractivity contribution is -0.181. The average molecular weight is 616 g/mol. The quantitative estimate of drug-likeness (QED) is 0.265. The Kier molecular flexibility index (Phi) is 8.02. The van der Waals surface area contributed by atoms with Gasteiger partial charge in [0.15, 0.2) is 34.7 Å². The molecule has 0 aromatic heterocycles. The standard InChI is InChI=1S/C31H32F3N3O7/c1-37(2)24-18-11-15-10-17-21(25(39)20(15)27(41)30(18,44)28(42)22(26(24)40)29(35)43)19(38)12-16(23(17)31(32,33)34)13-36-9-8-14-6-4-3-5-7-14/h3-7,12,15,18,20,22,24,36,38,44H,8-11,13H2,1-2H3,(H2,35,43)/t15-,18-,20?,22?,24-,30-/m0/s1. The third kappa shape index (κ3) is 4.92. The number of nitrogens with two attached hydrogens (primary N) is 1. The first-order valence-electron chi connectivity index (χ1n) is 14.1. The number of Topliss-reactive ketones (excluding diaryl/α,β-unsaturated/α-hetero) is 4. The number of rotatable bonds is 7. The number of benzene rings is 2. The van der Waals surface area contributed by atoms with Gasteiger partial charge in [-0.05, 0) is 68.6 Å². The minimum Gasteiger partial charge on any atom is -0.507 e. The molecule has 0 heterocycles. The molecule has 0 radical (unpaired) electrons. The van der Waals surface area contributed by atoms with E-state index < -0.39 is 99.4 Å². The number of fused-ring (bicyclic) bond motifs is 3. The maximum atomic E-state index is 14.6. The van der Waals surface area contributed by atoms with E-state index in [2.05, 4.69) is 5.32 Å². The Labute approximate surface area is 250 Å². The molecule has 2 aromatic carbocycles. The SMILES string of the molecule is CN(C)[C@@H]1C(=O)C(C(N)=O)C(=O)[C@@]2(O)C(=O)C3C(=O)c4c(O)cc(CNCCc5ccccc5)c(C(F)(F)F)c4C[C@H]3C[C@@H]12. The number of carbonyl (C=O) groups excluding carboxylic acids is 5. The van der Waals surface area contributed by atoms with Gasteiger partial charge in [-0.25, -0.2) is 0 Å². The lowest BCUT2D eigenvalue weighted by Gasteiger charge is -2.52. The summed E-state index contributed by atoms with van der Waals surface area (Å²) in [7, 11) is 2.84. The first-order chi connectivity index (χ1) is 20.6. The number of nitrogens with one attached hydrogen (secondary N) is 1. The minimum atomic E-state index is -4.93. The van der Waals surface area contributed by atoms with Gasteiger partial charge >= 0.3 is 6.18 Å². The fourth-order valence-electron chi connectivity index (χ4n) is 7.34. The van der Waals surface area contributed by atoms with Gasteiger partial charge in [-0.15, -0.1) is 0 Å². The Bertz CT molecular complexity index is 1560. The Balaban J connectivity index is 1.54. The summed E-state index contributed by atoms with van der Waals surface area (Å²) in [6.07, 6.45) is -5.22. The molecule has 44 heavy (non-hydrogen) atoms. The number of amides is 1. The van der Waals surface area contributed by atoms with E-state index in [0.717, 1.165) is 11.6 Å². The molecule has 0 aliphatic heterocycles. The van der Waals surface area contributed by atoms with Gasteiger partial charge in [0.1, 0.15) is 5.75 Å². The van der Waals surface area contributed by atoms with Crippen molar-refractivity contribution in [3.63, 3.8) is 0 Å². The van der Waals surface area contributed by atoms with Crippen LogP contribution < -0.4 is 11.1 Å². The number of primary amides is 1. The molecule has 3 aliphatic rings. The van der Waals surface area contributed by atoms with E-state index in [1.165, 1.54) is 19.0 Å². The van der Waals surface area contributed by atoms with Crippen LogP contribution >= 0.6 is 0 Å². The first-order valence-corrected chi connectivity index (χ1v) is 14.1. The Morgan fingerprint density at radius 3 is 2.36 bits per heavy atom. The predicted molar refractivity (Wildman–Crippen MR) is 148 cm³/mol. The van der Waals surface area contributed by atoms with E-state index in [-0.39, 0.29) is 18.5 Å². The second-order valence-electron chi connectivity index (χ2n) is 12.0. The third-order valence-corrected chi connectivity index (χ3v) is 9.18. The predicted octanol–water partition coefficient (Wildman–Crippen LogP) is 1.22. The van der Waals surface area contributed by atoms with Crippen molar-refractivity contribution < 1.29 is 47.4 Å². The topological polar surface area (TPSA) is 167 Å². The Hall–Kier alpha value is -3.94. The van der Waals surface area contributed by atoms with Crippen LogP contribution in [0.2, 0.25) is 0 Å². The molecule has 0 saturated heterocycles. The van der Waals surface area contributed by atoms with Crippen LogP contribution in [0, 0.1) is 23.7 Å². The van der Waals surface area contributed by atoms with Gasteiger partial charge < -0.3 is 21.3 Å². The largest absolute Gasteiger partial charge is 0.507 e. The molecular formula is C31H32F3N3O7. The van der Waals surface area contributed by atoms with Gasteiger partial charge in [0.05, 0.1) is 23.1 Å². The van der Waals surface area contributed by atoms with Crippen molar-refractivity contribution in [2.45, 2.75) is 43.6 Å². The minimum absolute atomic E-state index is 0.272. The normalized spacial score (nSPS) is 28.5. The number of halogens is 3. The highest BCUT2D eigenvalue weighted by atomic mass is 19.4. The number of hydrogen-bond acceptors (Lipinski definition) is 9. The van der Waals surface area contributed by atoms with Crippen LogP contribution in [0.3, 0.4) is 0 Å². The van der Waals surface area contributed by atoms with Crippen molar-refractivity contribution in [3.8, 4) is 5.75 Å². The van der Waals surface area contributed by atoms with E-state index in [4.69, 9.17) is 5.73 Å². The third-order valence-electron chi connectivity index (χ3n) is 9.18. The highest BCUT2D eigenvalue weighted by Crippen LogP contribution is 2.52. The molecule has 6 atom stereocenters. The van der Waals surface area contributed by atoms with E-state index in [1.807, 2.05) is 30.3 Å². The highest BCUT2D eigenvalue weighted by Gasteiger charge is 2.69. The number of ketones is 4. The molecule has 13 heteroatoms. The van der Waals surface area contributed by atoms with Crippen molar-refractivity contribution in [2.75, 3.05) is 20.6 Å². The summed E-state index contributed by atoms with van der Waals surface area (Å²) in [6.45, 7) is 0.0597. The van der Waals surface area contributed by atoms with Gasteiger partial charge in [0.2, 0.25) is 5.91 Å². The summed E-state index contributed by atoms with van der Waals surface area (Å²) in [5.74, 6) is -13.5. The van der Waals surface area contributed by atoms with Crippen LogP contribution in [0.15, 0.2) is 36.4 Å². The number of aliphatic hydroxyl groups is 1. The van der Waals surface area contributed by atoms with Gasteiger partial charge in [-0.1, -0.05) is 30.3 Å². The zero-order chi connectivity index (χ0) is 32.3. The zero-order valence-electron chi connectivity index (χ0n) is 24.0. The number of hydrogen-bond donors (Lipinski definition) is 4. The summed E-state index contributed by atoms with van der Waals surface area (Å²) in [4.78, 5) is 67.5. The van der Waals surface area contributed by atoms with Crippen molar-refractivity contribution >= 4 is 29.0 Å². The summed E-state index contributed by atoms with van der Waals surface area (Å²) in [6, 6.07) is 8.78. The average Bonchev–Trinajstić information content (AvgIpc) is 2.92. The molecule has 10 nitrogen and oxygen atoms in total. The zero-order valence-corrected chi connectivity index (χ0v) is 24.0. The molecule has 0 spiro atoms. The Morgan fingerprint density at radius 2 is 1.77 bits per heavy atom. The summed E-state index contributed by atoms with van der Waals surface area (Å²) >= 11 is 0. The Morgan fingerprint density at radius 1 is 1.11 bits per heavy atom. The monoisotopic (exact) mass is 615 g/mol. The van der Waals surface area contributed by atoms with Crippen LogP contribution in [0.4, 0.5) is 13.2 Å². The number of nitrogens with zero attached hydrogens (tertiary/aromatic N) is 1. The maximum absolute atomic E-state index is 14.6. The van der Waals surface area contributed by atoms with Crippen molar-refractivity contribution in [3.05, 3.63) is 64.2 Å². The lowest BCUT2D eigenvalue weighted by Crippen LogP contribution is -2.74. The van der Waals surface area contributed by atoms with Gasteiger partial charge in [-0.2, -0.15) is 13.2 Å². The van der Waals surface area contributed by atoms with Gasteiger partial charge in [-0.3, -0.25) is 28.9 Å². The number of likely N-dealkylation sites (N-methyl/N-ethyl adjacent to an activating group) is 1. The number of phenolic OH excluding ortho intramolecular Hbond substituents is 1. The number of phenols is 1. The van der Waals surface area contributed by atoms with E-state index in [0.29, 0.717) is 13.0 Å². The summed E-state index contributed by atoms with van der Waals surface area (Å²) in [5.41, 5.74) is 0.737. The lowest BCUT2D eigenvalue weighted by atomic mass is 9.52. The fraction of sp³-hybridized carbons (Fsp3) is 0.452. The molecule has 3 aliphatic carbocycles. The number of aromatic hydroxyl groups is 1. The summed E-state index contributed by atoms with van der Waals surface area (Å²) < 4.78 is 43.9. The molecule has 2 unspecified atom stereocenters. The summed E-state index contributed by atoms with van der Waals surface area (Å²) in [5, 5.41) is 25.4. The molecule has 2 saturated carbocycles. The molecular weight excluding hydrogens is 583 g/mol. The molecule has 2 fully saturated rings. The van der Waals surface area contributed by atoms with Crippen LogP contribution in [-0.4, -0.2) is 76.4 Å². The maximum Gasteiger partial charge on any atom is 0.417 e. The van der Waals surface area contributed by atoms with E-state index in [9.17, 15) is 47.4 Å². The van der Waals surface area contributed by atoms with E-state index in [1.54, 1.807) is 0 Å². The van der Waals surface area contributed by atoms with Gasteiger partial charge in [0.25, 0.3) is 0 Å². The molecule has 5 N–H and O–H groups in total. The van der Waals surface area contributed by atoms with Crippen molar-refractivity contribution in [2.24, 2.45) is 29.4 Å². The van der Waals surface area contributed by atoms with Crippen molar-refractivity contribution in [1.82, 2.24) is 10.2 Å². The molecule has 5 rings (SSSR count). The van der Waals surface area contributed by atoms with Crippen LogP contribution in [0.25, 0.3) is 0 Å². The number of alkyl halides is 3. The second kappa shape index (κ2) is 11.2. The van der Waals surface area contributed by atoms with E-state index >= 15 is 0 Å². The van der Waals surface area contributed by atoms with Crippen LogP contribution in [0.5, 0.6) is 5.75 Å². The molecule has 2 aromatic rings. The van der Waals surface area contributed by atoms with Crippen molar-refractivity contribution in [1.29, 1.82) is 0 Å². The highest BCUT2D eigenvalue weighted by molar-refractivity contribution is 6.32.